The summed E-state index contributed by atoms with van der Waals surface area (Å²) in [6, 6.07) is 3.62. The first-order chi connectivity index (χ1) is 9.13. The number of aromatic nitrogens is 4. The number of nitrogens with one attached hydrogen (secondary N) is 1. The molecule has 0 unspecified atom stereocenters. The van der Waals surface area contributed by atoms with E-state index >= 15 is 0 Å². The van der Waals surface area contributed by atoms with Crippen molar-refractivity contribution in [2.24, 2.45) is 7.05 Å². The van der Waals surface area contributed by atoms with E-state index in [0.717, 1.165) is 42.2 Å². The highest BCUT2D eigenvalue weighted by molar-refractivity contribution is 5.48. The van der Waals surface area contributed by atoms with Gasteiger partial charge < -0.3 is 5.32 Å². The van der Waals surface area contributed by atoms with Crippen molar-refractivity contribution in [3.05, 3.63) is 39.6 Å². The lowest BCUT2D eigenvalue weighted by atomic mass is 10.1. The standard InChI is InChI=1S/C13H17N5O/c1-9-6-10(17(2)15-9)8-18-13(19)7-12-11(16-18)4-3-5-14-12/h6-7,14H,3-5,8H2,1-2H3. The number of aryl methyl sites for hydroxylation is 3. The molecular weight excluding hydrogens is 242 g/mol. The molecule has 1 aliphatic heterocycles. The largest absolute Gasteiger partial charge is 0.383 e. The summed E-state index contributed by atoms with van der Waals surface area (Å²) in [4.78, 5) is 12.0. The smallest absolute Gasteiger partial charge is 0.269 e. The zero-order valence-corrected chi connectivity index (χ0v) is 11.2. The van der Waals surface area contributed by atoms with Crippen molar-refractivity contribution in [3.8, 4) is 0 Å². The highest BCUT2D eigenvalue weighted by atomic mass is 16.1. The molecular formula is C13H17N5O. The van der Waals surface area contributed by atoms with Gasteiger partial charge in [-0.1, -0.05) is 0 Å². The van der Waals surface area contributed by atoms with Crippen LogP contribution in [0.1, 0.15) is 23.5 Å². The molecule has 100 valence electrons. The van der Waals surface area contributed by atoms with Gasteiger partial charge in [0.1, 0.15) is 0 Å². The summed E-state index contributed by atoms with van der Waals surface area (Å²) in [7, 11) is 1.88. The van der Waals surface area contributed by atoms with Crippen LogP contribution < -0.4 is 10.9 Å². The van der Waals surface area contributed by atoms with Crippen molar-refractivity contribution in [1.82, 2.24) is 19.6 Å². The Balaban J connectivity index is 1.97. The molecule has 2 aromatic rings. The second-order valence-electron chi connectivity index (χ2n) is 4.93. The number of hydrogen-bond acceptors (Lipinski definition) is 4. The first-order valence-corrected chi connectivity index (χ1v) is 6.48. The summed E-state index contributed by atoms with van der Waals surface area (Å²) in [5.41, 5.74) is 3.71. The molecule has 1 N–H and O–H groups in total. The first-order valence-electron chi connectivity index (χ1n) is 6.48. The lowest BCUT2D eigenvalue weighted by molar-refractivity contribution is 0.573. The van der Waals surface area contributed by atoms with Crippen LogP contribution in [0.5, 0.6) is 0 Å². The van der Waals surface area contributed by atoms with E-state index in [1.807, 2.05) is 20.0 Å². The fourth-order valence-electron chi connectivity index (χ4n) is 2.43. The van der Waals surface area contributed by atoms with Crippen molar-refractivity contribution in [1.29, 1.82) is 0 Å². The minimum atomic E-state index is -0.0768. The number of fused-ring (bicyclic) bond motifs is 1. The maximum Gasteiger partial charge on any atom is 0.269 e. The second kappa shape index (κ2) is 4.53. The number of nitrogens with zero attached hydrogens (tertiary/aromatic N) is 4. The molecule has 3 rings (SSSR count). The third-order valence-corrected chi connectivity index (χ3v) is 3.39. The van der Waals surface area contributed by atoms with E-state index in [1.54, 1.807) is 10.7 Å². The quantitative estimate of drug-likeness (QED) is 0.862. The maximum absolute atomic E-state index is 12.0. The summed E-state index contributed by atoms with van der Waals surface area (Å²) < 4.78 is 3.31. The monoisotopic (exact) mass is 259 g/mol. The van der Waals surface area contributed by atoms with Gasteiger partial charge in [-0.2, -0.15) is 10.2 Å². The predicted octanol–water partition coefficient (Wildman–Crippen LogP) is 0.692. The molecule has 0 aliphatic carbocycles. The molecule has 0 fully saturated rings. The Morgan fingerprint density at radius 1 is 1.37 bits per heavy atom. The normalized spacial score (nSPS) is 14.0. The van der Waals surface area contributed by atoms with E-state index in [2.05, 4.69) is 15.5 Å². The van der Waals surface area contributed by atoms with Gasteiger partial charge in [0.2, 0.25) is 0 Å². The molecule has 2 aromatic heterocycles. The Kier molecular flexibility index (Phi) is 2.85. The molecule has 0 radical (unpaired) electrons. The first kappa shape index (κ1) is 12.0. The maximum atomic E-state index is 12.0. The summed E-state index contributed by atoms with van der Waals surface area (Å²) in [6.45, 7) is 3.32. The molecule has 0 saturated carbocycles. The van der Waals surface area contributed by atoms with Crippen LogP contribution in [-0.4, -0.2) is 26.1 Å². The van der Waals surface area contributed by atoms with Crippen LogP contribution in [0.3, 0.4) is 0 Å². The number of rotatable bonds is 2. The Hall–Kier alpha value is -2.11. The van der Waals surface area contributed by atoms with Crippen LogP contribution in [-0.2, 0) is 20.0 Å². The van der Waals surface area contributed by atoms with Gasteiger partial charge in [-0.25, -0.2) is 4.68 Å². The van der Waals surface area contributed by atoms with Crippen LogP contribution in [0.2, 0.25) is 0 Å². The molecule has 19 heavy (non-hydrogen) atoms. The van der Waals surface area contributed by atoms with Crippen LogP contribution in [0.15, 0.2) is 16.9 Å². The minimum absolute atomic E-state index is 0.0768. The van der Waals surface area contributed by atoms with E-state index in [9.17, 15) is 4.79 Å². The summed E-state index contributed by atoms with van der Waals surface area (Å²) in [5.74, 6) is 0. The van der Waals surface area contributed by atoms with Gasteiger partial charge >= 0.3 is 0 Å². The summed E-state index contributed by atoms with van der Waals surface area (Å²) in [5, 5.41) is 12.0. The van der Waals surface area contributed by atoms with Crippen LogP contribution in [0.25, 0.3) is 0 Å². The molecule has 1 aliphatic rings. The average molecular weight is 259 g/mol. The lowest BCUT2D eigenvalue weighted by Crippen LogP contribution is -2.28. The van der Waals surface area contributed by atoms with Gasteiger partial charge in [-0.3, -0.25) is 9.48 Å². The van der Waals surface area contributed by atoms with Gasteiger partial charge in [-0.05, 0) is 25.8 Å². The summed E-state index contributed by atoms with van der Waals surface area (Å²) >= 11 is 0. The molecule has 6 heteroatoms. The number of anilines is 1. The SMILES string of the molecule is Cc1cc(Cn2nc3c(cc2=O)NCCC3)n(C)n1. The molecule has 0 atom stereocenters. The van der Waals surface area contributed by atoms with Gasteiger partial charge in [0.05, 0.1) is 29.3 Å². The molecule has 3 heterocycles. The van der Waals surface area contributed by atoms with Crippen LogP contribution >= 0.6 is 0 Å². The minimum Gasteiger partial charge on any atom is -0.383 e. The van der Waals surface area contributed by atoms with Crippen molar-refractivity contribution in [3.63, 3.8) is 0 Å². The van der Waals surface area contributed by atoms with E-state index in [0.29, 0.717) is 6.54 Å². The average Bonchev–Trinajstić information content (AvgIpc) is 2.69. The third kappa shape index (κ3) is 2.25. The topological polar surface area (TPSA) is 64.7 Å². The molecule has 0 amide bonds. The lowest BCUT2D eigenvalue weighted by Gasteiger charge is -2.17. The van der Waals surface area contributed by atoms with E-state index in [1.165, 1.54) is 4.68 Å². The van der Waals surface area contributed by atoms with Crippen molar-refractivity contribution < 1.29 is 0 Å². The predicted molar refractivity (Wildman–Crippen MR) is 72.4 cm³/mol. The van der Waals surface area contributed by atoms with Gasteiger partial charge in [0, 0.05) is 19.7 Å². The van der Waals surface area contributed by atoms with Crippen molar-refractivity contribution >= 4 is 5.69 Å². The fourth-order valence-corrected chi connectivity index (χ4v) is 2.43. The Bertz CT molecular complexity index is 670. The molecule has 0 bridgehead atoms. The van der Waals surface area contributed by atoms with E-state index in [-0.39, 0.29) is 5.56 Å². The Labute approximate surface area is 111 Å². The van der Waals surface area contributed by atoms with Gasteiger partial charge in [-0.15, -0.1) is 0 Å². The highest BCUT2D eigenvalue weighted by Gasteiger charge is 2.13. The fraction of sp³-hybridized carbons (Fsp3) is 0.462. The van der Waals surface area contributed by atoms with E-state index < -0.39 is 0 Å². The Morgan fingerprint density at radius 3 is 2.95 bits per heavy atom. The van der Waals surface area contributed by atoms with Crippen molar-refractivity contribution in [2.45, 2.75) is 26.3 Å². The van der Waals surface area contributed by atoms with Gasteiger partial charge in [0.25, 0.3) is 5.56 Å². The molecule has 6 nitrogen and oxygen atoms in total. The molecule has 0 aromatic carbocycles. The molecule has 0 saturated heterocycles. The zero-order valence-electron chi connectivity index (χ0n) is 11.2. The van der Waals surface area contributed by atoms with Crippen LogP contribution in [0.4, 0.5) is 5.69 Å². The Morgan fingerprint density at radius 2 is 2.21 bits per heavy atom. The van der Waals surface area contributed by atoms with Crippen molar-refractivity contribution in [2.75, 3.05) is 11.9 Å². The molecule has 0 spiro atoms. The number of hydrogen-bond donors (Lipinski definition) is 1. The highest BCUT2D eigenvalue weighted by Crippen LogP contribution is 2.16. The third-order valence-electron chi connectivity index (χ3n) is 3.39. The summed E-state index contributed by atoms with van der Waals surface area (Å²) in [6.07, 6.45) is 1.98. The zero-order chi connectivity index (χ0) is 13.4. The van der Waals surface area contributed by atoms with Crippen LogP contribution in [0, 0.1) is 6.92 Å². The van der Waals surface area contributed by atoms with E-state index in [4.69, 9.17) is 0 Å². The van der Waals surface area contributed by atoms with Gasteiger partial charge in [0.15, 0.2) is 0 Å². The second-order valence-corrected chi connectivity index (χ2v) is 4.93.